The van der Waals surface area contributed by atoms with Gasteiger partial charge in [0.15, 0.2) is 0 Å². The lowest BCUT2D eigenvalue weighted by Crippen LogP contribution is -2.52. The van der Waals surface area contributed by atoms with Crippen LogP contribution in [0.25, 0.3) is 0 Å². The monoisotopic (exact) mass is 1110 g/mol. The molecule has 0 aliphatic carbocycles. The normalized spacial score (nSPS) is 15.8. The van der Waals surface area contributed by atoms with Crippen LogP contribution in [0.5, 0.6) is 0 Å². The van der Waals surface area contributed by atoms with Crippen molar-refractivity contribution in [1.29, 1.82) is 10.5 Å². The molecule has 0 aromatic heterocycles. The summed E-state index contributed by atoms with van der Waals surface area (Å²) in [7, 11) is -7.91. The molecule has 19 nitrogen and oxygen atoms in total. The van der Waals surface area contributed by atoms with Crippen LogP contribution in [0.4, 0.5) is 9.59 Å². The van der Waals surface area contributed by atoms with Crippen molar-refractivity contribution >= 4 is 32.2 Å². The summed E-state index contributed by atoms with van der Waals surface area (Å²) in [5, 5.41) is 46.1. The highest BCUT2D eigenvalue weighted by molar-refractivity contribution is 7.89. The first-order valence-electron chi connectivity index (χ1n) is 25.4. The van der Waals surface area contributed by atoms with Gasteiger partial charge in [0.2, 0.25) is 20.0 Å². The quantitative estimate of drug-likeness (QED) is 0.0576. The van der Waals surface area contributed by atoms with Crippen molar-refractivity contribution in [3.8, 4) is 12.1 Å². The minimum atomic E-state index is -3.96. The average molecular weight is 1110 g/mol. The Morgan fingerprint density at radius 3 is 1.40 bits per heavy atom. The fourth-order valence-corrected chi connectivity index (χ4v) is 11.3. The first-order chi connectivity index (χ1) is 35.5. The van der Waals surface area contributed by atoms with Crippen molar-refractivity contribution in [1.82, 2.24) is 19.2 Å². The van der Waals surface area contributed by atoms with Crippen LogP contribution in [0.3, 0.4) is 0 Å². The number of rotatable bonds is 25. The maximum Gasteiger partial charge on any atom is 0.407 e. The summed E-state index contributed by atoms with van der Waals surface area (Å²) in [5.74, 6) is -0.228. The third-order valence-electron chi connectivity index (χ3n) is 12.3. The zero-order valence-corrected chi connectivity index (χ0v) is 46.9. The van der Waals surface area contributed by atoms with Gasteiger partial charge < -0.3 is 46.0 Å². The molecular weight excluding hydrogens is 1030 g/mol. The SMILES string of the molecule is Cc1ccc(S(=O)(=O)N(CC(C)CCC#N)CC(O)[C@H](Cc2ccccc2)NC(=O)OC(C)(C)C)cc1.Cc1ccc(S(=O)(=O)N(CC(C)CCC#N)CC(O)[C@H](Cc2ccccc2)NC(=O)OC2CCOC2)cc1.O.O. The van der Waals surface area contributed by atoms with Crippen molar-refractivity contribution in [2.24, 2.45) is 11.8 Å². The molecular formula is C56H80N6O13S2. The Labute approximate surface area is 455 Å². The predicted octanol–water partition coefficient (Wildman–Crippen LogP) is 6.19. The van der Waals surface area contributed by atoms with Gasteiger partial charge in [0, 0.05) is 45.4 Å². The number of hydrogen-bond donors (Lipinski definition) is 4. The standard InChI is InChI=1S/C28H37N3O6S.C28H39N3O5S.2H2O/c1-21-10-12-25(13-11-21)38(34,35)31(18-22(2)7-6-15-29)19-27(32)26(17-23-8-4-3-5-9-23)30-28(33)37-24-14-16-36-20-24;1-21-13-15-24(16-14-21)37(34,35)31(19-22(2)10-9-17-29)20-26(32)25(18-23-11-7-6-8-12-23)30-27(33)36-28(3,4)5;;/h3-5,8-13,22,24,26-27,32H,6-7,14,16-20H2,1-2H3,(H,30,33);6-8,11-16,22,25-26,32H,9-10,18-20H2,1-5H3,(H,30,33);2*1H2/t22?,24?,26-,27?;22?,25-,26?;;/m00../s1. The Kier molecular flexibility index (Phi) is 28.5. The second-order valence-electron chi connectivity index (χ2n) is 20.3. The number of alkyl carbamates (subject to hydrolysis) is 2. The average Bonchev–Trinajstić information content (AvgIpc) is 3.87. The molecule has 4 aromatic rings. The van der Waals surface area contributed by atoms with Gasteiger partial charge in [-0.25, -0.2) is 26.4 Å². The van der Waals surface area contributed by atoms with Crippen LogP contribution in [-0.4, -0.2) is 134 Å². The van der Waals surface area contributed by atoms with E-state index in [-0.39, 0.29) is 77.7 Å². The molecule has 2 amide bonds. The molecule has 0 radical (unpaired) electrons. The van der Waals surface area contributed by atoms with Crippen LogP contribution < -0.4 is 10.6 Å². The fraction of sp³-hybridized carbons (Fsp3) is 0.500. The number of ether oxygens (including phenoxy) is 3. The van der Waals surface area contributed by atoms with Gasteiger partial charge in [-0.05, 0) is 108 Å². The third-order valence-corrected chi connectivity index (χ3v) is 16.0. The molecule has 21 heteroatoms. The van der Waals surface area contributed by atoms with Gasteiger partial charge in [0.05, 0.1) is 59.4 Å². The summed E-state index contributed by atoms with van der Waals surface area (Å²) in [6.45, 7) is 13.3. The second-order valence-corrected chi connectivity index (χ2v) is 24.2. The van der Waals surface area contributed by atoms with Crippen molar-refractivity contribution < 1.29 is 61.8 Å². The van der Waals surface area contributed by atoms with E-state index >= 15 is 0 Å². The lowest BCUT2D eigenvalue weighted by molar-refractivity contribution is 0.0399. The van der Waals surface area contributed by atoms with E-state index < -0.39 is 62.1 Å². The van der Waals surface area contributed by atoms with Crippen LogP contribution in [-0.2, 0) is 47.1 Å². The smallest absolute Gasteiger partial charge is 0.407 e. The maximum absolute atomic E-state index is 13.6. The Bertz CT molecular complexity index is 2680. The molecule has 5 rings (SSSR count). The van der Waals surface area contributed by atoms with E-state index in [1.807, 2.05) is 88.4 Å². The van der Waals surface area contributed by atoms with Crippen LogP contribution in [0.2, 0.25) is 0 Å². The number of nitrogens with one attached hydrogen (secondary N) is 2. The summed E-state index contributed by atoms with van der Waals surface area (Å²) < 4.78 is 73.1. The minimum absolute atomic E-state index is 0. The summed E-state index contributed by atoms with van der Waals surface area (Å²) in [6.07, 6.45) is -1.38. The molecule has 0 spiro atoms. The lowest BCUT2D eigenvalue weighted by Gasteiger charge is -2.31. The molecule has 5 unspecified atom stereocenters. The number of carbonyl (C=O) groups is 2. The van der Waals surface area contributed by atoms with Crippen LogP contribution in [0.15, 0.2) is 119 Å². The maximum atomic E-state index is 13.6. The van der Waals surface area contributed by atoms with Gasteiger partial charge in [-0.3, -0.25) is 0 Å². The summed E-state index contributed by atoms with van der Waals surface area (Å²) in [6, 6.07) is 34.4. The molecule has 77 heavy (non-hydrogen) atoms. The van der Waals surface area contributed by atoms with Gasteiger partial charge in [0.1, 0.15) is 11.7 Å². The van der Waals surface area contributed by atoms with E-state index in [1.165, 1.54) is 8.61 Å². The summed E-state index contributed by atoms with van der Waals surface area (Å²) in [5.41, 5.74) is 2.87. The van der Waals surface area contributed by atoms with E-state index in [2.05, 4.69) is 22.8 Å². The zero-order chi connectivity index (χ0) is 55.2. The second kappa shape index (κ2) is 32.7. The molecule has 0 saturated carbocycles. The van der Waals surface area contributed by atoms with E-state index in [0.717, 1.165) is 22.3 Å². The number of nitrogens with zero attached hydrogens (tertiary/aromatic N) is 4. The van der Waals surface area contributed by atoms with Crippen LogP contribution in [0, 0.1) is 48.3 Å². The Balaban J connectivity index is 0.000000514. The Morgan fingerprint density at radius 1 is 0.662 bits per heavy atom. The molecule has 7 atom stereocenters. The van der Waals surface area contributed by atoms with Crippen molar-refractivity contribution in [3.05, 3.63) is 131 Å². The summed E-state index contributed by atoms with van der Waals surface area (Å²) in [4.78, 5) is 25.5. The van der Waals surface area contributed by atoms with Gasteiger partial charge in [-0.2, -0.15) is 19.1 Å². The highest BCUT2D eigenvalue weighted by atomic mass is 32.2. The number of sulfonamides is 2. The van der Waals surface area contributed by atoms with E-state index in [0.29, 0.717) is 45.3 Å². The number of aryl methyl sites for hydroxylation is 2. The molecule has 0 bridgehead atoms. The first kappa shape index (κ1) is 67.1. The van der Waals surface area contributed by atoms with E-state index in [4.69, 9.17) is 24.7 Å². The molecule has 8 N–H and O–H groups in total. The highest BCUT2D eigenvalue weighted by Gasteiger charge is 2.35. The Hall–Kier alpha value is -5.98. The predicted molar refractivity (Wildman–Crippen MR) is 293 cm³/mol. The topological polar surface area (TPSA) is 312 Å². The number of nitriles is 2. The van der Waals surface area contributed by atoms with Gasteiger partial charge in [-0.15, -0.1) is 0 Å². The molecule has 1 heterocycles. The molecule has 4 aromatic carbocycles. The van der Waals surface area contributed by atoms with E-state index in [1.54, 1.807) is 69.3 Å². The number of carbonyl (C=O) groups excluding carboxylic acids is 2. The zero-order valence-electron chi connectivity index (χ0n) is 45.3. The largest absolute Gasteiger partial charge is 0.444 e. The number of amides is 2. The lowest BCUT2D eigenvalue weighted by atomic mass is 10.0. The minimum Gasteiger partial charge on any atom is -0.444 e. The van der Waals surface area contributed by atoms with Gasteiger partial charge in [-0.1, -0.05) is 110 Å². The van der Waals surface area contributed by atoms with Crippen molar-refractivity contribution in [2.75, 3.05) is 39.4 Å². The van der Waals surface area contributed by atoms with Gasteiger partial charge >= 0.3 is 12.2 Å². The number of hydrogen-bond acceptors (Lipinski definition) is 13. The fourth-order valence-electron chi connectivity index (χ4n) is 8.14. The van der Waals surface area contributed by atoms with Gasteiger partial charge in [0.25, 0.3) is 0 Å². The Morgan fingerprint density at radius 2 is 1.05 bits per heavy atom. The third kappa shape index (κ3) is 23.3. The highest BCUT2D eigenvalue weighted by Crippen LogP contribution is 2.24. The molecule has 1 fully saturated rings. The molecule has 1 aliphatic rings. The first-order valence-corrected chi connectivity index (χ1v) is 28.2. The number of aliphatic hydroxyl groups excluding tert-OH is 2. The number of benzene rings is 4. The van der Waals surface area contributed by atoms with Crippen molar-refractivity contribution in [3.63, 3.8) is 0 Å². The molecule has 424 valence electrons. The van der Waals surface area contributed by atoms with Crippen LogP contribution >= 0.6 is 0 Å². The molecule has 1 aliphatic heterocycles. The van der Waals surface area contributed by atoms with Crippen LogP contribution in [0.1, 0.15) is 89.0 Å². The summed E-state index contributed by atoms with van der Waals surface area (Å²) >= 11 is 0. The van der Waals surface area contributed by atoms with E-state index in [9.17, 15) is 36.6 Å². The number of aliphatic hydroxyl groups is 2. The molecule has 1 saturated heterocycles. The van der Waals surface area contributed by atoms with Crippen molar-refractivity contribution in [2.45, 2.75) is 139 Å².